The molecule has 198 valence electrons. The number of anilines is 2. The van der Waals surface area contributed by atoms with Crippen molar-refractivity contribution in [2.75, 3.05) is 41.6 Å². The van der Waals surface area contributed by atoms with Gasteiger partial charge in [0.25, 0.3) is 5.91 Å². The first-order chi connectivity index (χ1) is 17.4. The van der Waals surface area contributed by atoms with Gasteiger partial charge in [0.15, 0.2) is 0 Å². The molecule has 1 heterocycles. The highest BCUT2D eigenvalue weighted by molar-refractivity contribution is 8.25. The van der Waals surface area contributed by atoms with E-state index in [4.69, 9.17) is 0 Å². The van der Waals surface area contributed by atoms with Crippen molar-refractivity contribution in [1.29, 1.82) is 0 Å². The summed E-state index contributed by atoms with van der Waals surface area (Å²) in [6, 6.07) is 14.7. The van der Waals surface area contributed by atoms with Gasteiger partial charge in [-0.25, -0.2) is 0 Å². The van der Waals surface area contributed by atoms with Crippen LogP contribution in [-0.4, -0.2) is 64.2 Å². The van der Waals surface area contributed by atoms with Crippen LogP contribution >= 0.6 is 10.8 Å². The predicted molar refractivity (Wildman–Crippen MR) is 148 cm³/mol. The Morgan fingerprint density at radius 2 is 1.92 bits per heavy atom. The summed E-state index contributed by atoms with van der Waals surface area (Å²) in [4.78, 5) is 13.5. The fraction of sp³-hybridized carbons (Fsp3) is 0.519. The Labute approximate surface area is 216 Å². The second-order valence-corrected chi connectivity index (χ2v) is 12.0. The second-order valence-electron chi connectivity index (χ2n) is 9.88. The van der Waals surface area contributed by atoms with Gasteiger partial charge in [-0.1, -0.05) is 30.3 Å². The first-order valence-electron chi connectivity index (χ1n) is 13.0. The third-order valence-corrected chi connectivity index (χ3v) is 8.73. The van der Waals surface area contributed by atoms with Gasteiger partial charge < -0.3 is 21.1 Å². The number of nitrogens with zero attached hydrogens (tertiary/aromatic N) is 1. The topological polar surface area (TPSA) is 117 Å². The van der Waals surface area contributed by atoms with Crippen molar-refractivity contribution in [2.45, 2.75) is 51.2 Å². The van der Waals surface area contributed by atoms with E-state index < -0.39 is 22.9 Å². The molecule has 2 fully saturated rings. The molecule has 1 saturated heterocycles. The Kier molecular flexibility index (Phi) is 9.14. The van der Waals surface area contributed by atoms with Gasteiger partial charge in [0.1, 0.15) is 0 Å². The molecule has 4 rings (SSSR count). The smallest absolute Gasteiger partial charge is 0.251 e. The molecule has 2 aromatic rings. The van der Waals surface area contributed by atoms with Crippen molar-refractivity contribution in [3.05, 3.63) is 59.7 Å². The zero-order chi connectivity index (χ0) is 25.5. The molecule has 1 saturated carbocycles. The van der Waals surface area contributed by atoms with E-state index in [1.807, 2.05) is 43.3 Å². The number of hydrogen-bond acceptors (Lipinski definition) is 7. The summed E-state index contributed by atoms with van der Waals surface area (Å²) < 4.78 is 22.9. The highest BCUT2D eigenvalue weighted by Gasteiger charge is 2.29. The van der Waals surface area contributed by atoms with Crippen molar-refractivity contribution < 1.29 is 19.0 Å². The molecule has 8 nitrogen and oxygen atoms in total. The molecule has 2 aliphatic rings. The number of carbonyl (C=O) groups excluding carboxylic acids is 1. The van der Waals surface area contributed by atoms with E-state index in [1.54, 1.807) is 16.4 Å². The van der Waals surface area contributed by atoms with E-state index in [-0.39, 0.29) is 5.91 Å². The summed E-state index contributed by atoms with van der Waals surface area (Å²) in [5.74, 6) is 0.736. The first-order valence-corrected chi connectivity index (χ1v) is 14.7. The maximum Gasteiger partial charge on any atom is 0.251 e. The molecular formula is C27H40N4O4S. The second kappa shape index (κ2) is 12.3. The van der Waals surface area contributed by atoms with Crippen LogP contribution in [-0.2, 0) is 6.42 Å². The Bertz CT molecular complexity index is 1000. The molecule has 36 heavy (non-hydrogen) atoms. The molecule has 1 amide bonds. The number of benzene rings is 2. The van der Waals surface area contributed by atoms with E-state index in [0.717, 1.165) is 30.6 Å². The molecule has 0 spiro atoms. The fourth-order valence-electron chi connectivity index (χ4n) is 4.60. The first kappa shape index (κ1) is 26.8. The highest BCUT2D eigenvalue weighted by atomic mass is 32.3. The van der Waals surface area contributed by atoms with Crippen molar-refractivity contribution in [3.63, 3.8) is 0 Å². The molecule has 1 aliphatic heterocycles. The summed E-state index contributed by atoms with van der Waals surface area (Å²) in [5.41, 5.74) is 2.81. The van der Waals surface area contributed by atoms with Gasteiger partial charge in [0.05, 0.1) is 23.6 Å². The van der Waals surface area contributed by atoms with Crippen LogP contribution < -0.4 is 20.3 Å². The minimum absolute atomic E-state index is 0.299. The number of carbonyl (C=O) groups is 1. The molecular weight excluding hydrogens is 476 g/mol. The zero-order valence-electron chi connectivity index (χ0n) is 21.0. The summed E-state index contributed by atoms with van der Waals surface area (Å²) in [6.07, 6.45) is 3.86. The molecule has 2 atom stereocenters. The zero-order valence-corrected chi connectivity index (χ0v) is 21.8. The number of aliphatic hydroxyl groups excluding tert-OH is 1. The summed E-state index contributed by atoms with van der Waals surface area (Å²) in [7, 11) is -2.91. The lowest BCUT2D eigenvalue weighted by Crippen LogP contribution is -2.49. The van der Waals surface area contributed by atoms with Crippen molar-refractivity contribution >= 4 is 28.1 Å². The molecule has 2 aromatic carbocycles. The van der Waals surface area contributed by atoms with E-state index in [9.17, 15) is 19.0 Å². The number of amides is 1. The molecule has 1 aliphatic carbocycles. The van der Waals surface area contributed by atoms with Crippen LogP contribution in [0.2, 0.25) is 0 Å². The number of rotatable bonds is 12. The van der Waals surface area contributed by atoms with Crippen LogP contribution in [0.25, 0.3) is 0 Å². The standard InChI is InChI=1S/C27H40N4O4S/c1-2-29-23-15-22(16-24(17-23)31-12-6-7-13-36(31,34)35)27(33)30-25(14-20-8-4-3-5-9-20)26(32)19-28-18-21-10-11-21/h3-5,8-9,15-17,21,25-26,28-29,32,34-35H,2,6-7,10-14,18-19H2,1H3,(H,30,33)/t25-,26-/m0/s1. The number of aliphatic hydroxyl groups is 1. The Hall–Kier alpha value is -2.30. The molecule has 6 N–H and O–H groups in total. The normalized spacial score (nSPS) is 19.8. The van der Waals surface area contributed by atoms with Gasteiger partial charge in [-0.05, 0) is 75.3 Å². The molecule has 0 bridgehead atoms. The van der Waals surface area contributed by atoms with Crippen molar-refractivity contribution in [2.24, 2.45) is 5.92 Å². The molecule has 0 unspecified atom stereocenters. The van der Waals surface area contributed by atoms with E-state index in [0.29, 0.717) is 49.0 Å². The lowest BCUT2D eigenvalue weighted by atomic mass is 10.00. The van der Waals surface area contributed by atoms with Gasteiger partial charge in [0.2, 0.25) is 0 Å². The van der Waals surface area contributed by atoms with Crippen LogP contribution in [0.1, 0.15) is 48.5 Å². The Morgan fingerprint density at radius 1 is 1.14 bits per heavy atom. The molecule has 0 aromatic heterocycles. The molecule has 0 radical (unpaired) electrons. The average molecular weight is 517 g/mol. The lowest BCUT2D eigenvalue weighted by Gasteiger charge is -2.47. The van der Waals surface area contributed by atoms with Gasteiger partial charge in [-0.3, -0.25) is 18.2 Å². The summed E-state index contributed by atoms with van der Waals surface area (Å²) in [6.45, 7) is 4.47. The highest BCUT2D eigenvalue weighted by Crippen LogP contribution is 2.50. The van der Waals surface area contributed by atoms with E-state index in [1.165, 1.54) is 12.8 Å². The van der Waals surface area contributed by atoms with Gasteiger partial charge >= 0.3 is 0 Å². The van der Waals surface area contributed by atoms with E-state index in [2.05, 4.69) is 16.0 Å². The van der Waals surface area contributed by atoms with Crippen LogP contribution in [0.5, 0.6) is 0 Å². The van der Waals surface area contributed by atoms with Crippen molar-refractivity contribution in [1.82, 2.24) is 10.6 Å². The minimum Gasteiger partial charge on any atom is -0.390 e. The van der Waals surface area contributed by atoms with Crippen molar-refractivity contribution in [3.8, 4) is 0 Å². The van der Waals surface area contributed by atoms with Crippen LogP contribution in [0.15, 0.2) is 48.5 Å². The van der Waals surface area contributed by atoms with Gasteiger partial charge in [0, 0.05) is 30.9 Å². The maximum absolute atomic E-state index is 13.5. The lowest BCUT2D eigenvalue weighted by molar-refractivity contribution is 0.0830. The summed E-state index contributed by atoms with van der Waals surface area (Å²) >= 11 is 0. The maximum atomic E-state index is 13.5. The summed E-state index contributed by atoms with van der Waals surface area (Å²) in [5, 5.41) is 20.7. The Balaban J connectivity index is 1.54. The minimum atomic E-state index is -2.91. The number of hydrogen-bond donors (Lipinski definition) is 6. The quantitative estimate of drug-likeness (QED) is 0.252. The third-order valence-electron chi connectivity index (χ3n) is 6.79. The Morgan fingerprint density at radius 3 is 2.61 bits per heavy atom. The average Bonchev–Trinajstić information content (AvgIpc) is 3.68. The fourth-order valence-corrected chi connectivity index (χ4v) is 6.28. The number of nitrogens with one attached hydrogen (secondary N) is 3. The molecule has 9 heteroatoms. The largest absolute Gasteiger partial charge is 0.390 e. The third kappa shape index (κ3) is 7.36. The predicted octanol–water partition coefficient (Wildman–Crippen LogP) is 4.09. The monoisotopic (exact) mass is 516 g/mol. The van der Waals surface area contributed by atoms with Gasteiger partial charge in [-0.2, -0.15) is 0 Å². The van der Waals surface area contributed by atoms with Crippen LogP contribution in [0, 0.1) is 5.92 Å². The van der Waals surface area contributed by atoms with E-state index >= 15 is 0 Å². The van der Waals surface area contributed by atoms with Gasteiger partial charge in [-0.15, -0.1) is 10.8 Å². The van der Waals surface area contributed by atoms with Crippen LogP contribution in [0.4, 0.5) is 11.4 Å². The SMILES string of the molecule is CCNc1cc(C(=O)N[C@@H](Cc2ccccc2)[C@@H](O)CNCC2CC2)cc(N2CCCCS2(O)O)c1. The van der Waals surface area contributed by atoms with Crippen LogP contribution in [0.3, 0.4) is 0 Å².